The molecule has 4 heterocycles. The molecule has 0 saturated heterocycles. The second-order valence-electron chi connectivity index (χ2n) is 11.7. The first-order valence-electron chi connectivity index (χ1n) is 15.6. The van der Waals surface area contributed by atoms with E-state index < -0.39 is 10.0 Å². The lowest BCUT2D eigenvalue weighted by molar-refractivity contribution is -0.119. The highest BCUT2D eigenvalue weighted by Gasteiger charge is 2.35. The van der Waals surface area contributed by atoms with E-state index in [9.17, 15) is 13.2 Å². The first-order chi connectivity index (χ1) is 22.2. The minimum absolute atomic E-state index is 0.0679. The number of Topliss-reactive ketones (excluding diaryl/α,β-unsaturated/α-hetero) is 1. The summed E-state index contributed by atoms with van der Waals surface area (Å²) in [4.78, 5) is 21.9. The van der Waals surface area contributed by atoms with Gasteiger partial charge in [-0.2, -0.15) is 4.31 Å². The minimum Gasteiger partial charge on any atom is -0.472 e. The molecule has 11 nitrogen and oxygen atoms in total. The summed E-state index contributed by atoms with van der Waals surface area (Å²) in [6.07, 6.45) is 5.88. The molecule has 0 radical (unpaired) electrons. The van der Waals surface area contributed by atoms with Crippen LogP contribution in [-0.4, -0.2) is 56.1 Å². The topological polar surface area (TPSA) is 133 Å². The summed E-state index contributed by atoms with van der Waals surface area (Å²) in [5.74, 6) is 0.451. The third-order valence-electron chi connectivity index (χ3n) is 8.81. The number of hydrogen-bond donors (Lipinski definition) is 0. The molecule has 0 spiro atoms. The maximum absolute atomic E-state index is 13.9. The Hall–Kier alpha value is -4.42. The van der Waals surface area contributed by atoms with Crippen molar-refractivity contribution in [3.8, 4) is 5.88 Å². The van der Waals surface area contributed by atoms with E-state index in [1.807, 2.05) is 56.6 Å². The van der Waals surface area contributed by atoms with Gasteiger partial charge in [-0.05, 0) is 73.2 Å². The maximum atomic E-state index is 13.9. The van der Waals surface area contributed by atoms with Crippen LogP contribution < -0.4 is 4.74 Å². The zero-order valence-electron chi connectivity index (χ0n) is 26.5. The van der Waals surface area contributed by atoms with Gasteiger partial charge in [0.1, 0.15) is 28.6 Å². The van der Waals surface area contributed by atoms with Crippen molar-refractivity contribution in [3.05, 3.63) is 94.8 Å². The number of hydrogen-bond acceptors (Lipinski definition) is 9. The average Bonchev–Trinajstić information content (AvgIpc) is 3.72. The predicted octanol–water partition coefficient (Wildman–Crippen LogP) is 5.54. The molecule has 1 aliphatic rings. The third-order valence-corrected chi connectivity index (χ3v) is 10.6. The Morgan fingerprint density at radius 2 is 1.93 bits per heavy atom. The van der Waals surface area contributed by atoms with Crippen molar-refractivity contribution in [2.45, 2.75) is 83.4 Å². The van der Waals surface area contributed by atoms with Crippen LogP contribution in [-0.2, 0) is 34.3 Å². The molecule has 3 aromatic heterocycles. The predicted molar refractivity (Wildman–Crippen MR) is 172 cm³/mol. The quantitative estimate of drug-likeness (QED) is 0.182. The molecule has 0 aliphatic carbocycles. The summed E-state index contributed by atoms with van der Waals surface area (Å²) in [5.41, 5.74) is 6.43. The zero-order chi connectivity index (χ0) is 32.4. The fourth-order valence-electron chi connectivity index (χ4n) is 6.10. The van der Waals surface area contributed by atoms with Crippen molar-refractivity contribution in [2.24, 2.45) is 0 Å². The summed E-state index contributed by atoms with van der Waals surface area (Å²) in [7, 11) is -3.88. The molecule has 0 fully saturated rings. The second kappa shape index (κ2) is 13.1. The minimum atomic E-state index is -3.88. The highest BCUT2D eigenvalue weighted by Crippen LogP contribution is 2.36. The van der Waals surface area contributed by atoms with Gasteiger partial charge in [0, 0.05) is 44.5 Å². The second-order valence-corrected chi connectivity index (χ2v) is 13.6. The van der Waals surface area contributed by atoms with Crippen LogP contribution in [0, 0.1) is 13.8 Å². The van der Waals surface area contributed by atoms with Gasteiger partial charge in [0.05, 0.1) is 18.3 Å². The van der Waals surface area contributed by atoms with Crippen LogP contribution in [0.2, 0.25) is 0 Å². The normalized spacial score (nSPS) is 16.9. The van der Waals surface area contributed by atoms with Crippen LogP contribution in [0.4, 0.5) is 0 Å². The lowest BCUT2D eigenvalue weighted by atomic mass is 9.82. The van der Waals surface area contributed by atoms with Crippen LogP contribution in [0.3, 0.4) is 0 Å². The summed E-state index contributed by atoms with van der Waals surface area (Å²) in [5, 5.41) is 8.77. The first kappa shape index (κ1) is 31.6. The van der Waals surface area contributed by atoms with Gasteiger partial charge in [-0.1, -0.05) is 36.4 Å². The molecule has 0 unspecified atom stereocenters. The lowest BCUT2D eigenvalue weighted by Crippen LogP contribution is -2.36. The molecule has 5 aromatic rings. The van der Waals surface area contributed by atoms with E-state index in [1.165, 1.54) is 10.6 Å². The number of ether oxygens (including phenoxy) is 1. The SMILES string of the molecule is CC[C@@H]1CN(Cc2cc([C@H](CC(=O)CCc3ncco3)c3ccc4c(nnn4CC)c3C)ccc2C)S(=O)(=O)c2cccnc2O1. The van der Waals surface area contributed by atoms with Gasteiger partial charge in [0.15, 0.2) is 5.89 Å². The van der Waals surface area contributed by atoms with Crippen LogP contribution in [0.1, 0.15) is 72.7 Å². The molecule has 0 amide bonds. The van der Waals surface area contributed by atoms with Crippen molar-refractivity contribution < 1.29 is 22.4 Å². The van der Waals surface area contributed by atoms with Gasteiger partial charge in [-0.3, -0.25) is 4.79 Å². The van der Waals surface area contributed by atoms with Gasteiger partial charge >= 0.3 is 0 Å². The number of carbonyl (C=O) groups is 1. The number of pyridine rings is 1. The number of fused-ring (bicyclic) bond motifs is 2. The first-order valence-corrected chi connectivity index (χ1v) is 17.1. The molecule has 6 rings (SSSR count). The van der Waals surface area contributed by atoms with Gasteiger partial charge < -0.3 is 9.15 Å². The monoisotopic (exact) mass is 642 g/mol. The molecule has 0 saturated carbocycles. The molecular weight excluding hydrogens is 604 g/mol. The van der Waals surface area contributed by atoms with Crippen molar-refractivity contribution in [2.75, 3.05) is 6.54 Å². The number of oxazole rings is 1. The summed E-state index contributed by atoms with van der Waals surface area (Å²) >= 11 is 0. The van der Waals surface area contributed by atoms with E-state index in [1.54, 1.807) is 24.5 Å². The highest BCUT2D eigenvalue weighted by atomic mass is 32.2. The molecule has 240 valence electrons. The Morgan fingerprint density at radius 3 is 2.70 bits per heavy atom. The molecule has 46 heavy (non-hydrogen) atoms. The largest absolute Gasteiger partial charge is 0.472 e. The average molecular weight is 643 g/mol. The van der Waals surface area contributed by atoms with Crippen molar-refractivity contribution >= 4 is 26.8 Å². The van der Waals surface area contributed by atoms with E-state index >= 15 is 0 Å². The number of benzene rings is 2. The van der Waals surface area contributed by atoms with Crippen molar-refractivity contribution in [1.29, 1.82) is 0 Å². The lowest BCUT2D eigenvalue weighted by Gasteiger charge is -2.25. The molecule has 0 N–H and O–H groups in total. The summed E-state index contributed by atoms with van der Waals surface area (Å²) in [6, 6.07) is 13.3. The molecule has 2 atom stereocenters. The Kier molecular flexibility index (Phi) is 9.01. The molecular formula is C34H38N6O5S. The Bertz CT molecular complexity index is 1970. The molecule has 12 heteroatoms. The maximum Gasteiger partial charge on any atom is 0.248 e. The zero-order valence-corrected chi connectivity index (χ0v) is 27.3. The molecule has 0 bridgehead atoms. The number of aryl methyl sites for hydroxylation is 4. The number of rotatable bonds is 11. The fourth-order valence-corrected chi connectivity index (χ4v) is 7.63. The number of carbonyl (C=O) groups excluding carboxylic acids is 1. The molecule has 2 aromatic carbocycles. The van der Waals surface area contributed by atoms with E-state index in [0.29, 0.717) is 31.7 Å². The Morgan fingerprint density at radius 1 is 1.09 bits per heavy atom. The van der Waals surface area contributed by atoms with Gasteiger partial charge in [0.2, 0.25) is 15.9 Å². The van der Waals surface area contributed by atoms with Crippen LogP contribution in [0.15, 0.2) is 70.4 Å². The molecule has 1 aliphatic heterocycles. The van der Waals surface area contributed by atoms with Crippen molar-refractivity contribution in [1.82, 2.24) is 29.3 Å². The van der Waals surface area contributed by atoms with Crippen molar-refractivity contribution in [3.63, 3.8) is 0 Å². The van der Waals surface area contributed by atoms with Crippen LogP contribution in [0.5, 0.6) is 5.88 Å². The van der Waals surface area contributed by atoms with Gasteiger partial charge in [0.25, 0.3) is 0 Å². The standard InChI is InChI=1S/C34H38N6O5S/c1-5-27-21-39(46(42,43)31-8-7-15-36-34(31)45-27)20-25-18-24(10-9-22(25)3)29(19-26(41)11-14-32-35-16-17-44-32)28-12-13-30-33(23(28)4)37-38-40(30)6-2/h7-10,12-13,15-18,27,29H,5-6,11,14,19-21H2,1-4H3/t27-,29+/m1/s1. The van der Waals surface area contributed by atoms with Crippen LogP contribution >= 0.6 is 0 Å². The van der Waals surface area contributed by atoms with Crippen LogP contribution in [0.25, 0.3) is 11.0 Å². The smallest absolute Gasteiger partial charge is 0.248 e. The van der Waals surface area contributed by atoms with E-state index in [4.69, 9.17) is 9.15 Å². The number of nitrogens with zero attached hydrogens (tertiary/aromatic N) is 6. The van der Waals surface area contributed by atoms with Gasteiger partial charge in [-0.15, -0.1) is 5.10 Å². The number of aromatic nitrogens is 5. The van der Waals surface area contributed by atoms with E-state index in [0.717, 1.165) is 38.9 Å². The highest BCUT2D eigenvalue weighted by molar-refractivity contribution is 7.89. The number of sulfonamides is 1. The summed E-state index contributed by atoms with van der Waals surface area (Å²) < 4.78 is 42.5. The summed E-state index contributed by atoms with van der Waals surface area (Å²) in [6.45, 7) is 9.04. The number of ketones is 1. The Labute approximate surface area is 268 Å². The Balaban J connectivity index is 1.37. The van der Waals surface area contributed by atoms with Gasteiger partial charge in [-0.25, -0.2) is 23.1 Å². The van der Waals surface area contributed by atoms with E-state index in [-0.39, 0.29) is 48.1 Å². The third kappa shape index (κ3) is 6.19. The van der Waals surface area contributed by atoms with E-state index in [2.05, 4.69) is 26.3 Å². The fraction of sp³-hybridized carbons (Fsp3) is 0.382.